The highest BCUT2D eigenvalue weighted by atomic mass is 16.6. The van der Waals surface area contributed by atoms with Gasteiger partial charge in [-0.2, -0.15) is 0 Å². The topological polar surface area (TPSA) is 52.6 Å². The molecule has 0 amide bonds. The smallest absolute Gasteiger partial charge is 0.339 e. The van der Waals surface area contributed by atoms with Crippen LogP contribution in [0.15, 0.2) is 71.9 Å². The van der Waals surface area contributed by atoms with Crippen molar-refractivity contribution in [3.05, 3.63) is 83.0 Å². The number of benzene rings is 1. The molecule has 1 atom stereocenters. The lowest BCUT2D eigenvalue weighted by atomic mass is 9.80. The molecule has 158 valence electrons. The van der Waals surface area contributed by atoms with Crippen LogP contribution in [0.3, 0.4) is 0 Å². The third-order valence-corrected chi connectivity index (χ3v) is 5.19. The average molecular weight is 407 g/mol. The second-order valence-electron chi connectivity index (χ2n) is 9.01. The molecule has 3 rings (SSSR count). The van der Waals surface area contributed by atoms with Gasteiger partial charge in [-0.1, -0.05) is 74.6 Å². The fourth-order valence-electron chi connectivity index (χ4n) is 3.75. The highest BCUT2D eigenvalue weighted by molar-refractivity contribution is 5.95. The Bertz CT molecular complexity index is 918. The molecule has 1 fully saturated rings. The molecule has 4 nitrogen and oxygen atoms in total. The predicted molar refractivity (Wildman–Crippen MR) is 118 cm³/mol. The third-order valence-electron chi connectivity index (χ3n) is 5.19. The summed E-state index contributed by atoms with van der Waals surface area (Å²) in [6.07, 6.45) is 11.9. The van der Waals surface area contributed by atoms with Gasteiger partial charge in [0.2, 0.25) is 0 Å². The summed E-state index contributed by atoms with van der Waals surface area (Å²) < 4.78 is 11.7. The van der Waals surface area contributed by atoms with E-state index in [4.69, 9.17) is 9.47 Å². The molecule has 1 aliphatic carbocycles. The van der Waals surface area contributed by atoms with Crippen LogP contribution in [0.25, 0.3) is 0 Å². The second-order valence-corrected chi connectivity index (χ2v) is 9.01. The van der Waals surface area contributed by atoms with Crippen molar-refractivity contribution in [3.8, 4) is 0 Å². The summed E-state index contributed by atoms with van der Waals surface area (Å²) >= 11 is 0. The first-order chi connectivity index (χ1) is 14.1. The summed E-state index contributed by atoms with van der Waals surface area (Å²) in [6, 6.07) is 7.99. The van der Waals surface area contributed by atoms with Crippen molar-refractivity contribution >= 4 is 11.9 Å². The lowest BCUT2D eigenvalue weighted by Crippen LogP contribution is -2.37. The quantitative estimate of drug-likeness (QED) is 0.478. The Morgan fingerprint density at radius 1 is 1.03 bits per heavy atom. The van der Waals surface area contributed by atoms with Crippen LogP contribution in [0.2, 0.25) is 0 Å². The van der Waals surface area contributed by atoms with Gasteiger partial charge in [-0.05, 0) is 37.8 Å². The zero-order valence-electron chi connectivity index (χ0n) is 18.4. The molecule has 30 heavy (non-hydrogen) atoms. The van der Waals surface area contributed by atoms with Crippen molar-refractivity contribution in [1.29, 1.82) is 0 Å². The fourth-order valence-corrected chi connectivity index (χ4v) is 3.75. The number of hydrogen-bond donors (Lipinski definition) is 0. The number of rotatable bonds is 4. The van der Waals surface area contributed by atoms with Crippen LogP contribution < -0.4 is 0 Å². The number of allylic oxidation sites excluding steroid dienone is 7. The van der Waals surface area contributed by atoms with Gasteiger partial charge in [-0.25, -0.2) is 4.79 Å². The molecule has 0 aromatic heterocycles. The SMILES string of the molecule is CC(C)c1ccc([C@@]2(C(C(=O)OC(C)(C)C)=C3C=CC=CC=C3)CCC(=O)O2)cc1. The first kappa shape index (κ1) is 21.8. The Balaban J connectivity index is 2.21. The van der Waals surface area contributed by atoms with Crippen LogP contribution >= 0.6 is 0 Å². The fraction of sp³-hybridized carbons (Fsp3) is 0.385. The third kappa shape index (κ3) is 4.64. The van der Waals surface area contributed by atoms with E-state index >= 15 is 0 Å². The van der Waals surface area contributed by atoms with E-state index in [1.54, 1.807) is 0 Å². The number of carbonyl (C=O) groups is 2. The molecule has 1 saturated heterocycles. The summed E-state index contributed by atoms with van der Waals surface area (Å²) in [7, 11) is 0. The molecule has 0 unspecified atom stereocenters. The molecule has 0 N–H and O–H groups in total. The first-order valence-electron chi connectivity index (χ1n) is 10.4. The second kappa shape index (κ2) is 8.47. The largest absolute Gasteiger partial charge is 0.456 e. The lowest BCUT2D eigenvalue weighted by Gasteiger charge is -2.33. The van der Waals surface area contributed by atoms with Crippen LogP contribution in [-0.2, 0) is 24.7 Å². The van der Waals surface area contributed by atoms with Gasteiger partial charge in [0.25, 0.3) is 0 Å². The molecule has 0 radical (unpaired) electrons. The number of cyclic esters (lactones) is 1. The van der Waals surface area contributed by atoms with Crippen molar-refractivity contribution in [1.82, 2.24) is 0 Å². The van der Waals surface area contributed by atoms with Gasteiger partial charge < -0.3 is 9.47 Å². The van der Waals surface area contributed by atoms with E-state index in [0.29, 0.717) is 23.5 Å². The first-order valence-corrected chi connectivity index (χ1v) is 10.4. The molecule has 4 heteroatoms. The van der Waals surface area contributed by atoms with Gasteiger partial charge in [-0.3, -0.25) is 4.79 Å². The van der Waals surface area contributed by atoms with Crippen LogP contribution in [0, 0.1) is 0 Å². The molecule has 0 spiro atoms. The van der Waals surface area contributed by atoms with Crippen LogP contribution in [0.4, 0.5) is 0 Å². The molecule has 0 bridgehead atoms. The van der Waals surface area contributed by atoms with Gasteiger partial charge in [0.05, 0.1) is 12.0 Å². The molecular formula is C26H30O4. The van der Waals surface area contributed by atoms with Gasteiger partial charge in [-0.15, -0.1) is 0 Å². The van der Waals surface area contributed by atoms with E-state index in [9.17, 15) is 9.59 Å². The van der Waals surface area contributed by atoms with Gasteiger partial charge >= 0.3 is 11.9 Å². The van der Waals surface area contributed by atoms with Crippen molar-refractivity contribution in [2.24, 2.45) is 0 Å². The van der Waals surface area contributed by atoms with Crippen molar-refractivity contribution in [3.63, 3.8) is 0 Å². The van der Waals surface area contributed by atoms with Gasteiger partial charge in [0.15, 0.2) is 5.60 Å². The minimum atomic E-state index is -1.18. The zero-order valence-corrected chi connectivity index (χ0v) is 18.4. The zero-order chi connectivity index (χ0) is 21.9. The summed E-state index contributed by atoms with van der Waals surface area (Å²) in [5.41, 5.74) is 1.15. The normalized spacial score (nSPS) is 21.0. The molecule has 1 heterocycles. The molecule has 1 aromatic rings. The standard InChI is InChI=1S/C26H30O4/c1-18(2)19-12-14-21(15-13-19)26(17-16-22(27)29-26)23(24(28)30-25(3,4)5)20-10-8-6-7-9-11-20/h6-15,18H,16-17H2,1-5H3/t26-/m1/s1. The van der Waals surface area contributed by atoms with E-state index in [0.717, 1.165) is 5.56 Å². The summed E-state index contributed by atoms with van der Waals surface area (Å²) in [5, 5.41) is 0. The minimum Gasteiger partial charge on any atom is -0.456 e. The summed E-state index contributed by atoms with van der Waals surface area (Å²) in [6.45, 7) is 9.75. The van der Waals surface area contributed by atoms with Crippen molar-refractivity contribution < 1.29 is 19.1 Å². The summed E-state index contributed by atoms with van der Waals surface area (Å²) in [5.74, 6) is -0.413. The van der Waals surface area contributed by atoms with E-state index < -0.39 is 17.2 Å². The number of ether oxygens (including phenoxy) is 2. The number of carbonyl (C=O) groups excluding carboxylic acids is 2. The number of hydrogen-bond acceptors (Lipinski definition) is 4. The highest BCUT2D eigenvalue weighted by Gasteiger charge is 2.50. The van der Waals surface area contributed by atoms with E-state index in [1.165, 1.54) is 5.56 Å². The molecule has 0 saturated carbocycles. The molecule has 1 aliphatic heterocycles. The van der Waals surface area contributed by atoms with Crippen molar-refractivity contribution in [2.75, 3.05) is 0 Å². The maximum atomic E-state index is 13.5. The van der Waals surface area contributed by atoms with Crippen molar-refractivity contribution in [2.45, 2.75) is 64.6 Å². The van der Waals surface area contributed by atoms with E-state index in [-0.39, 0.29) is 12.4 Å². The number of esters is 2. The van der Waals surface area contributed by atoms with Crippen LogP contribution in [0.1, 0.15) is 64.5 Å². The lowest BCUT2D eigenvalue weighted by molar-refractivity contribution is -0.156. The van der Waals surface area contributed by atoms with E-state index in [1.807, 2.05) is 81.5 Å². The predicted octanol–water partition coefficient (Wildman–Crippen LogP) is 5.66. The Morgan fingerprint density at radius 2 is 1.63 bits per heavy atom. The summed E-state index contributed by atoms with van der Waals surface area (Å²) in [4.78, 5) is 25.8. The minimum absolute atomic E-state index is 0.247. The maximum absolute atomic E-state index is 13.5. The van der Waals surface area contributed by atoms with E-state index in [2.05, 4.69) is 13.8 Å². The van der Waals surface area contributed by atoms with Crippen LogP contribution in [0.5, 0.6) is 0 Å². The Labute approximate surface area is 179 Å². The van der Waals surface area contributed by atoms with Gasteiger partial charge in [0, 0.05) is 12.0 Å². The Morgan fingerprint density at radius 3 is 2.10 bits per heavy atom. The Kier molecular flexibility index (Phi) is 6.16. The molecule has 2 aliphatic rings. The van der Waals surface area contributed by atoms with Crippen LogP contribution in [-0.4, -0.2) is 17.5 Å². The monoisotopic (exact) mass is 406 g/mol. The molecular weight excluding hydrogens is 376 g/mol. The average Bonchev–Trinajstić information content (AvgIpc) is 2.87. The van der Waals surface area contributed by atoms with Gasteiger partial charge in [0.1, 0.15) is 5.60 Å². The Hall–Kier alpha value is -2.88. The molecule has 1 aromatic carbocycles. The highest BCUT2D eigenvalue weighted by Crippen LogP contribution is 2.46. The maximum Gasteiger partial charge on any atom is 0.339 e.